The minimum absolute atomic E-state index is 0.190. The minimum atomic E-state index is -3.51. The van der Waals surface area contributed by atoms with Gasteiger partial charge in [0.15, 0.2) is 0 Å². The third kappa shape index (κ3) is 8.88. The van der Waals surface area contributed by atoms with Crippen LogP contribution in [0, 0.1) is 6.92 Å². The highest BCUT2D eigenvalue weighted by atomic mass is 32.2. The van der Waals surface area contributed by atoms with E-state index in [2.05, 4.69) is 30.7 Å². The first kappa shape index (κ1) is 31.4. The lowest BCUT2D eigenvalue weighted by molar-refractivity contribution is -0.0179. The summed E-state index contributed by atoms with van der Waals surface area (Å²) in [6.45, 7) is 17.3. The standard InChI is InChI=1S/C19H25NO3.C8H10O3S.C3H8/c1-14-13-19(22-16-8-6-5-7-15(14)16)9-11-20(12-10-19)17(21)23-18(2,3)4;1-7-3-5-8(6-4-7)12(9,10)11-2;1-3-2/h5-8H,1,9-13H2,2-4H3;3-6H,1-2H3;3H2,1-2H3. The molecule has 0 N–H and O–H groups in total. The number of piperidine rings is 1. The van der Waals surface area contributed by atoms with E-state index < -0.39 is 15.7 Å². The van der Waals surface area contributed by atoms with Crippen molar-refractivity contribution in [2.45, 2.75) is 83.3 Å². The van der Waals surface area contributed by atoms with Crippen LogP contribution in [-0.4, -0.2) is 50.8 Å². The zero-order chi connectivity index (χ0) is 28.6. The number of nitrogens with zero attached hydrogens (tertiary/aromatic N) is 1. The monoisotopic (exact) mass is 545 g/mol. The highest BCUT2D eigenvalue weighted by Gasteiger charge is 2.42. The molecular formula is C30H43NO6S. The molecule has 7 nitrogen and oxygen atoms in total. The van der Waals surface area contributed by atoms with E-state index in [0.717, 1.165) is 48.8 Å². The van der Waals surface area contributed by atoms with E-state index in [0.29, 0.717) is 13.1 Å². The van der Waals surface area contributed by atoms with Gasteiger partial charge in [-0.2, -0.15) is 8.42 Å². The first-order chi connectivity index (χ1) is 17.8. The molecule has 1 saturated heterocycles. The minimum Gasteiger partial charge on any atom is -0.486 e. The molecular weight excluding hydrogens is 502 g/mol. The van der Waals surface area contributed by atoms with Crippen LogP contribution in [0.15, 0.2) is 60.0 Å². The molecule has 2 aliphatic heterocycles. The Morgan fingerprint density at radius 1 is 1.05 bits per heavy atom. The Morgan fingerprint density at radius 2 is 1.61 bits per heavy atom. The molecule has 210 valence electrons. The zero-order valence-corrected chi connectivity index (χ0v) is 24.7. The van der Waals surface area contributed by atoms with Gasteiger partial charge in [0, 0.05) is 37.9 Å². The quantitative estimate of drug-likeness (QED) is 0.378. The van der Waals surface area contributed by atoms with Crippen molar-refractivity contribution in [1.82, 2.24) is 4.90 Å². The molecule has 0 radical (unpaired) electrons. The second kappa shape index (κ2) is 13.3. The Kier molecular flexibility index (Phi) is 11.0. The predicted octanol–water partition coefficient (Wildman–Crippen LogP) is 7.00. The lowest BCUT2D eigenvalue weighted by atomic mass is 9.81. The second-order valence-electron chi connectivity index (χ2n) is 10.7. The molecule has 8 heteroatoms. The fourth-order valence-corrected chi connectivity index (χ4v) is 4.77. The molecule has 38 heavy (non-hydrogen) atoms. The van der Waals surface area contributed by atoms with Crippen molar-refractivity contribution in [1.29, 1.82) is 0 Å². The van der Waals surface area contributed by atoms with Crippen LogP contribution in [0.2, 0.25) is 0 Å². The van der Waals surface area contributed by atoms with Crippen molar-refractivity contribution in [3.63, 3.8) is 0 Å². The van der Waals surface area contributed by atoms with Crippen LogP contribution in [0.3, 0.4) is 0 Å². The highest BCUT2D eigenvalue weighted by Crippen LogP contribution is 2.44. The van der Waals surface area contributed by atoms with E-state index in [-0.39, 0.29) is 16.6 Å². The van der Waals surface area contributed by atoms with E-state index in [1.807, 2.05) is 45.9 Å². The van der Waals surface area contributed by atoms with Crippen LogP contribution >= 0.6 is 0 Å². The molecule has 2 aromatic rings. The van der Waals surface area contributed by atoms with E-state index in [4.69, 9.17) is 9.47 Å². The molecule has 2 aliphatic rings. The number of benzene rings is 2. The Bertz CT molecular complexity index is 1170. The van der Waals surface area contributed by atoms with Crippen molar-refractivity contribution in [3.05, 3.63) is 66.2 Å². The maximum absolute atomic E-state index is 12.2. The SMILES string of the molecule is C=C1CC2(CCN(C(=O)OC(C)(C)C)CC2)Oc2ccccc21.CCC.COS(=O)(=O)c1ccc(C)cc1. The maximum atomic E-state index is 12.2. The maximum Gasteiger partial charge on any atom is 0.410 e. The summed E-state index contributed by atoms with van der Waals surface area (Å²) in [5.74, 6) is 0.912. The molecule has 0 aromatic heterocycles. The molecule has 2 heterocycles. The van der Waals surface area contributed by atoms with Gasteiger partial charge in [0.2, 0.25) is 0 Å². The average Bonchev–Trinajstić information content (AvgIpc) is 2.84. The second-order valence-corrected chi connectivity index (χ2v) is 12.4. The smallest absolute Gasteiger partial charge is 0.410 e. The largest absolute Gasteiger partial charge is 0.486 e. The summed E-state index contributed by atoms with van der Waals surface area (Å²) in [5.41, 5.74) is 2.56. The normalized spacial score (nSPS) is 16.2. The first-order valence-corrected chi connectivity index (χ1v) is 14.5. The Balaban J connectivity index is 0.000000284. The topological polar surface area (TPSA) is 82.1 Å². The lowest BCUT2D eigenvalue weighted by Crippen LogP contribution is -2.51. The van der Waals surface area contributed by atoms with Gasteiger partial charge in [0.05, 0.1) is 12.0 Å². The van der Waals surface area contributed by atoms with E-state index >= 15 is 0 Å². The van der Waals surface area contributed by atoms with Gasteiger partial charge >= 0.3 is 6.09 Å². The van der Waals surface area contributed by atoms with Gasteiger partial charge in [0.1, 0.15) is 17.0 Å². The van der Waals surface area contributed by atoms with Crippen molar-refractivity contribution in [3.8, 4) is 5.75 Å². The summed E-state index contributed by atoms with van der Waals surface area (Å²) < 4.78 is 38.3. The molecule has 1 fully saturated rings. The summed E-state index contributed by atoms with van der Waals surface area (Å²) in [6.07, 6.45) is 3.45. The van der Waals surface area contributed by atoms with Crippen LogP contribution in [0.1, 0.15) is 71.4 Å². The number of amides is 1. The average molecular weight is 546 g/mol. The van der Waals surface area contributed by atoms with E-state index in [9.17, 15) is 13.2 Å². The van der Waals surface area contributed by atoms with Gasteiger partial charge in [-0.1, -0.05) is 62.7 Å². The van der Waals surface area contributed by atoms with Gasteiger partial charge in [-0.25, -0.2) is 4.79 Å². The lowest BCUT2D eigenvalue weighted by Gasteiger charge is -2.45. The number of likely N-dealkylation sites (tertiary alicyclic amines) is 1. The fourth-order valence-electron chi connectivity index (χ4n) is 4.10. The van der Waals surface area contributed by atoms with Crippen LogP contribution in [0.5, 0.6) is 5.75 Å². The Morgan fingerprint density at radius 3 is 2.13 bits per heavy atom. The van der Waals surface area contributed by atoms with E-state index in [1.54, 1.807) is 17.0 Å². The molecule has 0 unspecified atom stereocenters. The molecule has 0 saturated carbocycles. The van der Waals surface area contributed by atoms with Crippen LogP contribution < -0.4 is 4.74 Å². The fraction of sp³-hybridized carbons (Fsp3) is 0.500. The number of hydrogen-bond acceptors (Lipinski definition) is 6. The zero-order valence-electron chi connectivity index (χ0n) is 23.9. The van der Waals surface area contributed by atoms with Crippen LogP contribution in [-0.2, 0) is 19.0 Å². The highest BCUT2D eigenvalue weighted by molar-refractivity contribution is 7.86. The van der Waals surface area contributed by atoms with Gasteiger partial charge in [-0.05, 0) is 51.5 Å². The number of para-hydroxylation sites is 1. The molecule has 1 amide bonds. The number of ether oxygens (including phenoxy) is 2. The number of carbonyl (C=O) groups is 1. The predicted molar refractivity (Wildman–Crippen MR) is 152 cm³/mol. The van der Waals surface area contributed by atoms with Crippen LogP contribution in [0.4, 0.5) is 4.79 Å². The molecule has 0 aliphatic carbocycles. The number of fused-ring (bicyclic) bond motifs is 1. The van der Waals surface area contributed by atoms with Gasteiger partial charge in [-0.15, -0.1) is 0 Å². The van der Waals surface area contributed by atoms with Crippen molar-refractivity contribution >= 4 is 21.8 Å². The summed E-state index contributed by atoms with van der Waals surface area (Å²) in [6, 6.07) is 14.6. The molecule has 0 bridgehead atoms. The van der Waals surface area contributed by atoms with Gasteiger partial charge in [0.25, 0.3) is 10.1 Å². The van der Waals surface area contributed by atoms with Crippen molar-refractivity contribution in [2.75, 3.05) is 20.2 Å². The Hall–Kier alpha value is -2.84. The summed E-state index contributed by atoms with van der Waals surface area (Å²) in [5, 5.41) is 0. The summed E-state index contributed by atoms with van der Waals surface area (Å²) in [4.78, 5) is 14.2. The van der Waals surface area contributed by atoms with Crippen LogP contribution in [0.25, 0.3) is 5.57 Å². The molecule has 0 atom stereocenters. The van der Waals surface area contributed by atoms with Gasteiger partial charge in [-0.3, -0.25) is 4.18 Å². The number of aryl methyl sites for hydroxylation is 1. The first-order valence-electron chi connectivity index (χ1n) is 13.1. The molecule has 2 aromatic carbocycles. The van der Waals surface area contributed by atoms with Gasteiger partial charge < -0.3 is 14.4 Å². The summed E-state index contributed by atoms with van der Waals surface area (Å²) >= 11 is 0. The number of rotatable bonds is 2. The van der Waals surface area contributed by atoms with Crippen molar-refractivity contribution in [2.24, 2.45) is 0 Å². The summed E-state index contributed by atoms with van der Waals surface area (Å²) in [7, 11) is -2.37. The Labute approximate surface area is 228 Å². The molecule has 4 rings (SSSR count). The number of hydrogen-bond donors (Lipinski definition) is 0. The third-order valence-electron chi connectivity index (χ3n) is 5.99. The number of carbonyl (C=O) groups excluding carboxylic acids is 1. The van der Waals surface area contributed by atoms with E-state index in [1.165, 1.54) is 18.6 Å². The third-order valence-corrected chi connectivity index (χ3v) is 7.27. The molecule has 1 spiro atoms. The van der Waals surface area contributed by atoms with Crippen molar-refractivity contribution < 1.29 is 26.9 Å².